The molecule has 2 aliphatic rings. The summed E-state index contributed by atoms with van der Waals surface area (Å²) in [5, 5.41) is 0. The summed E-state index contributed by atoms with van der Waals surface area (Å²) in [5.74, 6) is 2.49. The van der Waals surface area contributed by atoms with Crippen LogP contribution < -0.4 is 0 Å². The van der Waals surface area contributed by atoms with E-state index in [2.05, 4.69) is 0 Å². The summed E-state index contributed by atoms with van der Waals surface area (Å²) in [6.45, 7) is 1.92. The molecule has 1 heterocycles. The third-order valence-corrected chi connectivity index (χ3v) is 3.53. The highest BCUT2D eigenvalue weighted by Gasteiger charge is 2.30. The van der Waals surface area contributed by atoms with Crippen molar-refractivity contribution in [1.82, 2.24) is 4.90 Å². The summed E-state index contributed by atoms with van der Waals surface area (Å²) in [6.07, 6.45) is 5.56. The molecule has 14 heavy (non-hydrogen) atoms. The van der Waals surface area contributed by atoms with Gasteiger partial charge in [-0.1, -0.05) is 0 Å². The predicted molar refractivity (Wildman–Crippen MR) is 57.4 cm³/mol. The second kappa shape index (κ2) is 4.52. The van der Waals surface area contributed by atoms with E-state index in [-0.39, 0.29) is 0 Å². The first kappa shape index (κ1) is 10.3. The molecule has 80 valence electrons. The molecule has 0 bridgehead atoms. The third-order valence-electron chi connectivity index (χ3n) is 3.32. The van der Waals surface area contributed by atoms with E-state index in [9.17, 15) is 4.79 Å². The zero-order valence-electron chi connectivity index (χ0n) is 8.54. The van der Waals surface area contributed by atoms with Crippen LogP contribution in [-0.4, -0.2) is 29.8 Å². The summed E-state index contributed by atoms with van der Waals surface area (Å²) in [4.78, 5) is 13.8. The fourth-order valence-corrected chi connectivity index (χ4v) is 2.46. The summed E-state index contributed by atoms with van der Waals surface area (Å²) in [5.41, 5.74) is 0. The van der Waals surface area contributed by atoms with Crippen LogP contribution in [0.3, 0.4) is 0 Å². The Morgan fingerprint density at radius 3 is 2.71 bits per heavy atom. The van der Waals surface area contributed by atoms with Crippen molar-refractivity contribution in [3.8, 4) is 0 Å². The molecular formula is C11H18ClNO. The van der Waals surface area contributed by atoms with Crippen molar-refractivity contribution in [2.75, 3.05) is 19.0 Å². The molecule has 1 aliphatic carbocycles. The molecule has 0 aromatic carbocycles. The van der Waals surface area contributed by atoms with Gasteiger partial charge in [0.1, 0.15) is 0 Å². The number of alkyl halides is 1. The monoisotopic (exact) mass is 215 g/mol. The van der Waals surface area contributed by atoms with Gasteiger partial charge in [-0.3, -0.25) is 4.79 Å². The van der Waals surface area contributed by atoms with E-state index in [4.69, 9.17) is 11.6 Å². The van der Waals surface area contributed by atoms with Gasteiger partial charge in [-0.15, -0.1) is 11.6 Å². The Balaban J connectivity index is 1.73. The highest BCUT2D eigenvalue weighted by molar-refractivity contribution is 6.17. The topological polar surface area (TPSA) is 20.3 Å². The molecular weight excluding hydrogens is 198 g/mol. The predicted octanol–water partition coefficient (Wildman–Crippen LogP) is 2.26. The fraction of sp³-hybridized carbons (Fsp3) is 0.909. The number of carbonyl (C=O) groups excluding carboxylic acids is 1. The first-order valence-corrected chi connectivity index (χ1v) is 6.17. The molecule has 2 rings (SSSR count). The van der Waals surface area contributed by atoms with E-state index in [0.29, 0.717) is 11.8 Å². The average Bonchev–Trinajstić information content (AvgIpc) is 2.83. The first-order chi connectivity index (χ1) is 6.79. The van der Waals surface area contributed by atoms with Crippen molar-refractivity contribution >= 4 is 17.5 Å². The van der Waals surface area contributed by atoms with Crippen molar-refractivity contribution in [3.63, 3.8) is 0 Å². The number of hydrogen-bond donors (Lipinski definition) is 0. The minimum absolute atomic E-state index is 0.379. The molecule has 1 saturated heterocycles. The zero-order valence-corrected chi connectivity index (χ0v) is 9.30. The maximum atomic E-state index is 11.7. The molecule has 3 heteroatoms. The molecule has 1 unspecified atom stereocenters. The lowest BCUT2D eigenvalue weighted by atomic mass is 10.1. The van der Waals surface area contributed by atoms with Gasteiger partial charge in [0.05, 0.1) is 0 Å². The lowest BCUT2D eigenvalue weighted by molar-refractivity contribution is -0.130. The van der Waals surface area contributed by atoms with Gasteiger partial charge in [-0.2, -0.15) is 0 Å². The van der Waals surface area contributed by atoms with Crippen LogP contribution in [0.2, 0.25) is 0 Å². The number of likely N-dealkylation sites (tertiary alicyclic amines) is 1. The SMILES string of the molecule is O=C(CC1CC1)N1CCC(CCCl)C1. The number of amides is 1. The van der Waals surface area contributed by atoms with E-state index in [1.165, 1.54) is 12.8 Å². The Kier molecular flexibility index (Phi) is 3.32. The lowest BCUT2D eigenvalue weighted by Gasteiger charge is -2.16. The fourth-order valence-electron chi connectivity index (χ4n) is 2.15. The van der Waals surface area contributed by atoms with Gasteiger partial charge in [0.2, 0.25) is 5.91 Å². The van der Waals surface area contributed by atoms with Gasteiger partial charge < -0.3 is 4.90 Å². The lowest BCUT2D eigenvalue weighted by Crippen LogP contribution is -2.28. The average molecular weight is 216 g/mol. The van der Waals surface area contributed by atoms with Gasteiger partial charge >= 0.3 is 0 Å². The van der Waals surface area contributed by atoms with Gasteiger partial charge in [0.15, 0.2) is 0 Å². The highest BCUT2D eigenvalue weighted by atomic mass is 35.5. The molecule has 1 atom stereocenters. The summed E-state index contributed by atoms with van der Waals surface area (Å²) in [7, 11) is 0. The number of halogens is 1. The van der Waals surface area contributed by atoms with E-state index < -0.39 is 0 Å². The van der Waals surface area contributed by atoms with E-state index in [0.717, 1.165) is 44.1 Å². The molecule has 1 aliphatic heterocycles. The zero-order chi connectivity index (χ0) is 9.97. The molecule has 2 nitrogen and oxygen atoms in total. The molecule has 0 aromatic rings. The minimum atomic E-state index is 0.379. The van der Waals surface area contributed by atoms with Crippen molar-refractivity contribution < 1.29 is 4.79 Å². The minimum Gasteiger partial charge on any atom is -0.342 e. The van der Waals surface area contributed by atoms with E-state index in [1.54, 1.807) is 0 Å². The molecule has 2 fully saturated rings. The van der Waals surface area contributed by atoms with Crippen LogP contribution in [0.15, 0.2) is 0 Å². The Labute approximate surface area is 90.6 Å². The van der Waals surface area contributed by atoms with Crippen LogP contribution in [-0.2, 0) is 4.79 Å². The van der Waals surface area contributed by atoms with Crippen molar-refractivity contribution in [3.05, 3.63) is 0 Å². The quantitative estimate of drug-likeness (QED) is 0.659. The van der Waals surface area contributed by atoms with E-state index >= 15 is 0 Å². The van der Waals surface area contributed by atoms with Gasteiger partial charge in [0.25, 0.3) is 0 Å². The number of nitrogens with zero attached hydrogens (tertiary/aromatic N) is 1. The molecule has 0 N–H and O–H groups in total. The molecule has 1 amide bonds. The second-order valence-electron chi connectivity index (χ2n) is 4.62. The number of carbonyl (C=O) groups is 1. The summed E-state index contributed by atoms with van der Waals surface area (Å²) in [6, 6.07) is 0. The van der Waals surface area contributed by atoms with Gasteiger partial charge in [-0.25, -0.2) is 0 Å². The maximum Gasteiger partial charge on any atom is 0.222 e. The summed E-state index contributed by atoms with van der Waals surface area (Å²) < 4.78 is 0. The van der Waals surface area contributed by atoms with E-state index in [1.807, 2.05) is 4.90 Å². The van der Waals surface area contributed by atoms with Crippen LogP contribution in [0, 0.1) is 11.8 Å². The van der Waals surface area contributed by atoms with Crippen LogP contribution >= 0.6 is 11.6 Å². The smallest absolute Gasteiger partial charge is 0.222 e. The van der Waals surface area contributed by atoms with Crippen molar-refractivity contribution in [1.29, 1.82) is 0 Å². The number of hydrogen-bond acceptors (Lipinski definition) is 1. The Morgan fingerprint density at radius 2 is 2.07 bits per heavy atom. The van der Waals surface area contributed by atoms with Crippen LogP contribution in [0.25, 0.3) is 0 Å². The second-order valence-corrected chi connectivity index (χ2v) is 5.00. The Morgan fingerprint density at radius 1 is 1.29 bits per heavy atom. The third kappa shape index (κ3) is 2.63. The van der Waals surface area contributed by atoms with Crippen LogP contribution in [0.1, 0.15) is 32.1 Å². The molecule has 1 saturated carbocycles. The molecule has 0 aromatic heterocycles. The van der Waals surface area contributed by atoms with Crippen molar-refractivity contribution in [2.45, 2.75) is 32.1 Å². The largest absolute Gasteiger partial charge is 0.342 e. The van der Waals surface area contributed by atoms with Gasteiger partial charge in [-0.05, 0) is 37.5 Å². The van der Waals surface area contributed by atoms with Crippen LogP contribution in [0.5, 0.6) is 0 Å². The Hall–Kier alpha value is -0.240. The normalized spacial score (nSPS) is 26.9. The molecule has 0 radical (unpaired) electrons. The standard InChI is InChI=1S/C11H18ClNO/c12-5-3-10-4-6-13(8-10)11(14)7-9-1-2-9/h9-10H,1-8H2. The van der Waals surface area contributed by atoms with Crippen LogP contribution in [0.4, 0.5) is 0 Å². The maximum absolute atomic E-state index is 11.7. The Bertz CT molecular complexity index is 215. The number of rotatable bonds is 4. The molecule has 0 spiro atoms. The summed E-state index contributed by atoms with van der Waals surface area (Å²) >= 11 is 5.70. The first-order valence-electron chi connectivity index (χ1n) is 5.63. The van der Waals surface area contributed by atoms with Crippen molar-refractivity contribution in [2.24, 2.45) is 11.8 Å². The van der Waals surface area contributed by atoms with Gasteiger partial charge in [0, 0.05) is 25.4 Å². The highest BCUT2D eigenvalue weighted by Crippen LogP contribution is 2.33.